The zero-order chi connectivity index (χ0) is 13.8. The largest absolute Gasteiger partial charge is 0.366 e. The van der Waals surface area contributed by atoms with Gasteiger partial charge in [0.05, 0.1) is 0 Å². The van der Waals surface area contributed by atoms with Crippen molar-refractivity contribution in [1.29, 1.82) is 0 Å². The van der Waals surface area contributed by atoms with Crippen molar-refractivity contribution in [3.63, 3.8) is 0 Å². The van der Waals surface area contributed by atoms with Crippen LogP contribution >= 0.6 is 11.3 Å². The van der Waals surface area contributed by atoms with Gasteiger partial charge in [0.15, 0.2) is 0 Å². The molecule has 2 heterocycles. The Morgan fingerprint density at radius 1 is 1.47 bits per heavy atom. The number of hydrogen-bond donors (Lipinski definition) is 2. The number of anilines is 1. The highest BCUT2D eigenvalue weighted by Gasteiger charge is 2.08. The summed E-state index contributed by atoms with van der Waals surface area (Å²) in [6.07, 6.45) is 3.07. The lowest BCUT2D eigenvalue weighted by Crippen LogP contribution is -2.22. The summed E-state index contributed by atoms with van der Waals surface area (Å²) in [6, 6.07) is 1.34. The SMILES string of the molecule is Cc1csc(=O)n1CCC(=O)Nc1c[nH]ccc1=O. The minimum atomic E-state index is -0.297. The predicted molar refractivity (Wildman–Crippen MR) is 73.6 cm³/mol. The molecule has 0 spiro atoms. The highest BCUT2D eigenvalue weighted by molar-refractivity contribution is 7.07. The fraction of sp³-hybridized carbons (Fsp3) is 0.250. The molecule has 2 N–H and O–H groups in total. The van der Waals surface area contributed by atoms with E-state index >= 15 is 0 Å². The summed E-state index contributed by atoms with van der Waals surface area (Å²) < 4.78 is 1.54. The standard InChI is InChI=1S/C12H13N3O3S/c1-8-7-19-12(18)15(8)5-3-11(17)14-9-6-13-4-2-10(9)16/h2,4,6-7H,3,5H2,1H3,(H,13,16)(H,14,17). The van der Waals surface area contributed by atoms with Gasteiger partial charge in [-0.2, -0.15) is 0 Å². The molecule has 100 valence electrons. The molecule has 0 saturated carbocycles. The third-order valence-electron chi connectivity index (χ3n) is 2.64. The molecule has 0 aliphatic rings. The summed E-state index contributed by atoms with van der Waals surface area (Å²) in [6.45, 7) is 2.13. The van der Waals surface area contributed by atoms with Crippen molar-refractivity contribution in [3.05, 3.63) is 49.4 Å². The Labute approximate surface area is 112 Å². The number of hydrogen-bond acceptors (Lipinski definition) is 4. The Balaban J connectivity index is 1.98. The van der Waals surface area contributed by atoms with E-state index in [2.05, 4.69) is 10.3 Å². The van der Waals surface area contributed by atoms with Gasteiger partial charge in [0, 0.05) is 42.5 Å². The molecule has 0 unspecified atom stereocenters. The molecule has 0 atom stereocenters. The number of thiazole rings is 1. The number of amides is 1. The van der Waals surface area contributed by atoms with Crippen LogP contribution < -0.4 is 15.6 Å². The van der Waals surface area contributed by atoms with Crippen LogP contribution in [0.25, 0.3) is 0 Å². The van der Waals surface area contributed by atoms with Gasteiger partial charge in [-0.3, -0.25) is 14.4 Å². The molecule has 0 fully saturated rings. The molecule has 7 heteroatoms. The maximum absolute atomic E-state index is 11.7. The topological polar surface area (TPSA) is 84.0 Å². The number of nitrogens with zero attached hydrogens (tertiary/aromatic N) is 1. The minimum Gasteiger partial charge on any atom is -0.366 e. The van der Waals surface area contributed by atoms with Crippen molar-refractivity contribution < 1.29 is 4.79 Å². The van der Waals surface area contributed by atoms with Gasteiger partial charge in [-0.1, -0.05) is 11.3 Å². The van der Waals surface area contributed by atoms with Crippen molar-refractivity contribution in [2.75, 3.05) is 5.32 Å². The molecule has 0 aromatic carbocycles. The van der Waals surface area contributed by atoms with Gasteiger partial charge >= 0.3 is 4.87 Å². The fourth-order valence-corrected chi connectivity index (χ4v) is 2.38. The molecular weight excluding hydrogens is 266 g/mol. The first-order valence-electron chi connectivity index (χ1n) is 5.70. The number of rotatable bonds is 4. The van der Waals surface area contributed by atoms with Crippen LogP contribution in [0.3, 0.4) is 0 Å². The third kappa shape index (κ3) is 3.19. The quantitative estimate of drug-likeness (QED) is 0.873. The maximum Gasteiger partial charge on any atom is 0.307 e. The minimum absolute atomic E-state index is 0.0807. The lowest BCUT2D eigenvalue weighted by atomic mass is 10.3. The van der Waals surface area contributed by atoms with Crippen LogP contribution in [0.15, 0.2) is 33.4 Å². The Bertz CT molecular complexity index is 698. The van der Waals surface area contributed by atoms with Crippen LogP contribution in [0.5, 0.6) is 0 Å². The van der Waals surface area contributed by atoms with Crippen LogP contribution in [-0.2, 0) is 11.3 Å². The van der Waals surface area contributed by atoms with Gasteiger partial charge in [-0.15, -0.1) is 0 Å². The lowest BCUT2D eigenvalue weighted by molar-refractivity contribution is -0.116. The highest BCUT2D eigenvalue weighted by atomic mass is 32.1. The predicted octanol–water partition coefficient (Wildman–Crippen LogP) is 0.935. The molecule has 0 saturated heterocycles. The number of nitrogens with one attached hydrogen (secondary N) is 2. The first kappa shape index (κ1) is 13.3. The Morgan fingerprint density at radius 2 is 2.26 bits per heavy atom. The van der Waals surface area contributed by atoms with Gasteiger partial charge in [-0.25, -0.2) is 0 Å². The molecule has 0 bridgehead atoms. The fourth-order valence-electron chi connectivity index (χ4n) is 1.61. The zero-order valence-electron chi connectivity index (χ0n) is 10.3. The van der Waals surface area contributed by atoms with Crippen molar-refractivity contribution in [2.45, 2.75) is 19.9 Å². The monoisotopic (exact) mass is 279 g/mol. The van der Waals surface area contributed by atoms with Crippen molar-refractivity contribution in [3.8, 4) is 0 Å². The van der Waals surface area contributed by atoms with E-state index in [0.29, 0.717) is 6.54 Å². The molecule has 0 aliphatic heterocycles. The van der Waals surface area contributed by atoms with Gasteiger partial charge in [-0.05, 0) is 6.92 Å². The van der Waals surface area contributed by atoms with E-state index in [0.717, 1.165) is 17.0 Å². The van der Waals surface area contributed by atoms with E-state index in [-0.39, 0.29) is 28.3 Å². The molecule has 0 radical (unpaired) electrons. The molecule has 6 nitrogen and oxygen atoms in total. The first-order valence-corrected chi connectivity index (χ1v) is 6.58. The van der Waals surface area contributed by atoms with Crippen LogP contribution in [0.4, 0.5) is 5.69 Å². The van der Waals surface area contributed by atoms with Gasteiger partial charge < -0.3 is 14.9 Å². The average Bonchev–Trinajstić information content (AvgIpc) is 2.70. The Kier molecular flexibility index (Phi) is 3.96. The number of aromatic nitrogens is 2. The highest BCUT2D eigenvalue weighted by Crippen LogP contribution is 2.02. The molecule has 2 rings (SSSR count). The third-order valence-corrected chi connectivity index (χ3v) is 3.52. The second-order valence-corrected chi connectivity index (χ2v) is 4.84. The summed E-state index contributed by atoms with van der Waals surface area (Å²) in [7, 11) is 0. The van der Waals surface area contributed by atoms with E-state index in [4.69, 9.17) is 0 Å². The summed E-state index contributed by atoms with van der Waals surface area (Å²) in [5.74, 6) is -0.297. The van der Waals surface area contributed by atoms with Crippen LogP contribution in [0, 0.1) is 6.92 Å². The van der Waals surface area contributed by atoms with E-state index < -0.39 is 0 Å². The summed E-state index contributed by atoms with van der Waals surface area (Å²) in [5.41, 5.74) is 0.790. The second kappa shape index (κ2) is 5.66. The Morgan fingerprint density at radius 3 is 2.89 bits per heavy atom. The van der Waals surface area contributed by atoms with Gasteiger partial charge in [0.1, 0.15) is 5.69 Å². The summed E-state index contributed by atoms with van der Waals surface area (Å²) in [4.78, 5) is 37.2. The molecular formula is C12H13N3O3S. The normalized spacial score (nSPS) is 10.4. The van der Waals surface area contributed by atoms with Gasteiger partial charge in [0.25, 0.3) is 0 Å². The maximum atomic E-state index is 11.7. The number of carbonyl (C=O) groups excluding carboxylic acids is 1. The average molecular weight is 279 g/mol. The number of carbonyl (C=O) groups is 1. The Hall–Kier alpha value is -2.15. The van der Waals surface area contributed by atoms with Crippen LogP contribution in [-0.4, -0.2) is 15.5 Å². The number of aromatic amines is 1. The first-order chi connectivity index (χ1) is 9.08. The molecule has 19 heavy (non-hydrogen) atoms. The smallest absolute Gasteiger partial charge is 0.307 e. The summed E-state index contributed by atoms with van der Waals surface area (Å²) in [5, 5.41) is 4.27. The van der Waals surface area contributed by atoms with E-state index in [9.17, 15) is 14.4 Å². The van der Waals surface area contributed by atoms with E-state index in [1.165, 1.54) is 18.5 Å². The molecule has 2 aromatic rings. The van der Waals surface area contributed by atoms with Crippen molar-refractivity contribution in [2.24, 2.45) is 0 Å². The zero-order valence-corrected chi connectivity index (χ0v) is 11.1. The van der Waals surface area contributed by atoms with Crippen molar-refractivity contribution >= 4 is 22.9 Å². The van der Waals surface area contributed by atoms with E-state index in [1.54, 1.807) is 9.95 Å². The van der Waals surface area contributed by atoms with E-state index in [1.807, 2.05) is 6.92 Å². The second-order valence-electron chi connectivity index (χ2n) is 4.02. The van der Waals surface area contributed by atoms with Crippen LogP contribution in [0.1, 0.15) is 12.1 Å². The molecule has 0 aliphatic carbocycles. The van der Waals surface area contributed by atoms with Crippen molar-refractivity contribution in [1.82, 2.24) is 9.55 Å². The molecule has 1 amide bonds. The summed E-state index contributed by atoms with van der Waals surface area (Å²) >= 11 is 1.11. The molecule has 2 aromatic heterocycles. The van der Waals surface area contributed by atoms with Crippen LogP contribution in [0.2, 0.25) is 0 Å². The number of H-pyrrole nitrogens is 1. The number of aryl methyl sites for hydroxylation is 1. The van der Waals surface area contributed by atoms with Gasteiger partial charge in [0.2, 0.25) is 11.3 Å². The number of pyridine rings is 1. The lowest BCUT2D eigenvalue weighted by Gasteiger charge is -2.05.